The molecule has 4 heteroatoms. The summed E-state index contributed by atoms with van der Waals surface area (Å²) in [6, 6.07) is 7.58. The van der Waals surface area contributed by atoms with Crippen molar-refractivity contribution in [2.75, 3.05) is 0 Å². The van der Waals surface area contributed by atoms with Crippen LogP contribution in [0.1, 0.15) is 34.5 Å². The number of benzene rings is 1. The Morgan fingerprint density at radius 2 is 2.11 bits per heavy atom. The lowest BCUT2D eigenvalue weighted by atomic mass is 9.87. The van der Waals surface area contributed by atoms with Crippen molar-refractivity contribution in [2.24, 2.45) is 0 Å². The second kappa shape index (κ2) is 4.29. The van der Waals surface area contributed by atoms with Gasteiger partial charge in [0.25, 0.3) is 0 Å². The average molecular weight is 243 g/mol. The molecule has 0 radical (unpaired) electrons. The molecule has 0 saturated carbocycles. The molecule has 0 unspecified atom stereocenters. The van der Waals surface area contributed by atoms with Crippen LogP contribution < -0.4 is 0 Å². The molecule has 1 aliphatic rings. The van der Waals surface area contributed by atoms with Gasteiger partial charge in [-0.25, -0.2) is 4.79 Å². The van der Waals surface area contributed by atoms with Crippen LogP contribution in [-0.4, -0.2) is 16.2 Å². The van der Waals surface area contributed by atoms with Gasteiger partial charge in [-0.2, -0.15) is 0 Å². The highest BCUT2D eigenvalue weighted by atomic mass is 16.5. The van der Waals surface area contributed by atoms with Gasteiger partial charge in [-0.15, -0.1) is 0 Å². The van der Waals surface area contributed by atoms with Gasteiger partial charge < -0.3 is 9.63 Å². The Balaban J connectivity index is 2.08. The normalized spacial score (nSPS) is 14.2. The smallest absolute Gasteiger partial charge is 0.358 e. The molecule has 1 N–H and O–H groups in total. The third kappa shape index (κ3) is 1.79. The monoisotopic (exact) mass is 243 g/mol. The lowest BCUT2D eigenvalue weighted by Crippen LogP contribution is -2.03. The van der Waals surface area contributed by atoms with Gasteiger partial charge in [0, 0.05) is 11.6 Å². The Morgan fingerprint density at radius 3 is 2.89 bits per heavy atom. The zero-order valence-corrected chi connectivity index (χ0v) is 9.85. The fourth-order valence-electron chi connectivity index (χ4n) is 2.52. The highest BCUT2D eigenvalue weighted by Crippen LogP contribution is 2.31. The zero-order valence-electron chi connectivity index (χ0n) is 9.85. The van der Waals surface area contributed by atoms with Gasteiger partial charge in [-0.3, -0.25) is 0 Å². The second-order valence-electron chi connectivity index (χ2n) is 4.53. The summed E-state index contributed by atoms with van der Waals surface area (Å²) in [6.45, 7) is 0. The third-order valence-corrected chi connectivity index (χ3v) is 3.39. The van der Waals surface area contributed by atoms with E-state index in [0.29, 0.717) is 5.76 Å². The number of aryl methyl sites for hydroxylation is 1. The van der Waals surface area contributed by atoms with Crippen LogP contribution in [0.2, 0.25) is 0 Å². The molecule has 0 atom stereocenters. The molecular formula is C14H13NO3. The Hall–Kier alpha value is -2.10. The molecule has 1 aromatic carbocycles. The minimum absolute atomic E-state index is 0.0431. The summed E-state index contributed by atoms with van der Waals surface area (Å²) in [5, 5.41) is 12.4. The van der Waals surface area contributed by atoms with Crippen molar-refractivity contribution in [2.45, 2.75) is 25.7 Å². The molecule has 0 spiro atoms. The summed E-state index contributed by atoms with van der Waals surface area (Å²) in [5.74, 6) is -0.513. The van der Waals surface area contributed by atoms with Gasteiger partial charge in [0.05, 0.1) is 0 Å². The molecule has 2 aromatic rings. The van der Waals surface area contributed by atoms with Gasteiger partial charge in [0.2, 0.25) is 0 Å². The number of hydrogen-bond donors (Lipinski definition) is 1. The zero-order chi connectivity index (χ0) is 12.5. The molecule has 0 fully saturated rings. The lowest BCUT2D eigenvalue weighted by Gasteiger charge is -2.17. The first-order valence-corrected chi connectivity index (χ1v) is 6.07. The minimum atomic E-state index is -1.06. The van der Waals surface area contributed by atoms with Gasteiger partial charge in [-0.1, -0.05) is 23.4 Å². The summed E-state index contributed by atoms with van der Waals surface area (Å²) < 4.78 is 5.15. The third-order valence-electron chi connectivity index (χ3n) is 3.39. The summed E-state index contributed by atoms with van der Waals surface area (Å²) in [5.41, 5.74) is 3.55. The van der Waals surface area contributed by atoms with Gasteiger partial charge in [0.15, 0.2) is 11.5 Å². The Bertz CT molecular complexity index is 601. The average Bonchev–Trinajstić information content (AvgIpc) is 2.87. The van der Waals surface area contributed by atoms with E-state index in [4.69, 9.17) is 9.63 Å². The summed E-state index contributed by atoms with van der Waals surface area (Å²) in [4.78, 5) is 10.8. The molecule has 1 heterocycles. The van der Waals surface area contributed by atoms with E-state index in [0.717, 1.165) is 18.4 Å². The van der Waals surface area contributed by atoms with E-state index in [9.17, 15) is 4.79 Å². The maximum absolute atomic E-state index is 10.8. The van der Waals surface area contributed by atoms with Crippen molar-refractivity contribution in [1.82, 2.24) is 5.16 Å². The summed E-state index contributed by atoms with van der Waals surface area (Å²) in [6.07, 6.45) is 4.49. The van der Waals surface area contributed by atoms with Crippen LogP contribution >= 0.6 is 0 Å². The first-order chi connectivity index (χ1) is 8.75. The van der Waals surface area contributed by atoms with E-state index < -0.39 is 5.97 Å². The van der Waals surface area contributed by atoms with Crippen molar-refractivity contribution >= 4 is 5.97 Å². The topological polar surface area (TPSA) is 63.3 Å². The van der Waals surface area contributed by atoms with Crippen LogP contribution in [0, 0.1) is 0 Å². The van der Waals surface area contributed by atoms with Crippen molar-refractivity contribution in [1.29, 1.82) is 0 Å². The summed E-state index contributed by atoms with van der Waals surface area (Å²) >= 11 is 0. The number of carboxylic acids is 1. The SMILES string of the molecule is O=C(O)c1cc(-c2cccc3c2CCCC3)on1. The second-order valence-corrected chi connectivity index (χ2v) is 4.53. The molecular weight excluding hydrogens is 230 g/mol. The standard InChI is InChI=1S/C14H13NO3/c16-14(17)12-8-13(18-15-12)11-7-3-5-9-4-1-2-6-10(9)11/h3,5,7-8H,1-2,4,6H2,(H,16,17). The molecule has 0 amide bonds. The highest BCUT2D eigenvalue weighted by molar-refractivity contribution is 5.86. The number of aromatic carboxylic acids is 1. The fourth-order valence-corrected chi connectivity index (χ4v) is 2.52. The largest absolute Gasteiger partial charge is 0.476 e. The summed E-state index contributed by atoms with van der Waals surface area (Å²) in [7, 11) is 0. The van der Waals surface area contributed by atoms with E-state index in [-0.39, 0.29) is 5.69 Å². The molecule has 0 bridgehead atoms. The number of aromatic nitrogens is 1. The maximum Gasteiger partial charge on any atom is 0.358 e. The van der Waals surface area contributed by atoms with E-state index in [2.05, 4.69) is 11.2 Å². The number of carboxylic acid groups (broad SMARTS) is 1. The maximum atomic E-state index is 10.8. The number of carbonyl (C=O) groups is 1. The first kappa shape index (κ1) is 11.0. The highest BCUT2D eigenvalue weighted by Gasteiger charge is 2.18. The quantitative estimate of drug-likeness (QED) is 0.880. The van der Waals surface area contributed by atoms with Gasteiger partial charge in [0.1, 0.15) is 0 Å². The van der Waals surface area contributed by atoms with Crippen molar-refractivity contribution in [3.05, 3.63) is 41.1 Å². The number of rotatable bonds is 2. The predicted octanol–water partition coefficient (Wildman–Crippen LogP) is 2.92. The van der Waals surface area contributed by atoms with E-state index >= 15 is 0 Å². The minimum Gasteiger partial charge on any atom is -0.476 e. The Morgan fingerprint density at radius 1 is 1.28 bits per heavy atom. The number of hydrogen-bond acceptors (Lipinski definition) is 3. The van der Waals surface area contributed by atoms with Crippen LogP contribution in [0.25, 0.3) is 11.3 Å². The number of nitrogens with zero attached hydrogens (tertiary/aromatic N) is 1. The molecule has 1 aromatic heterocycles. The van der Waals surface area contributed by atoms with Gasteiger partial charge in [-0.05, 0) is 36.8 Å². The molecule has 1 aliphatic carbocycles. The Labute approximate surface area is 104 Å². The van der Waals surface area contributed by atoms with Crippen LogP contribution in [0.3, 0.4) is 0 Å². The van der Waals surface area contributed by atoms with Crippen LogP contribution in [0.15, 0.2) is 28.8 Å². The molecule has 0 aliphatic heterocycles. The van der Waals surface area contributed by atoms with Crippen molar-refractivity contribution in [3.63, 3.8) is 0 Å². The van der Waals surface area contributed by atoms with E-state index in [1.54, 1.807) is 0 Å². The first-order valence-electron chi connectivity index (χ1n) is 6.07. The lowest BCUT2D eigenvalue weighted by molar-refractivity contribution is 0.0686. The van der Waals surface area contributed by atoms with Crippen molar-refractivity contribution in [3.8, 4) is 11.3 Å². The molecule has 4 nitrogen and oxygen atoms in total. The Kier molecular flexibility index (Phi) is 2.63. The molecule has 18 heavy (non-hydrogen) atoms. The van der Waals surface area contributed by atoms with Crippen LogP contribution in [0.4, 0.5) is 0 Å². The predicted molar refractivity (Wildman–Crippen MR) is 65.5 cm³/mol. The van der Waals surface area contributed by atoms with Crippen LogP contribution in [0.5, 0.6) is 0 Å². The molecule has 0 saturated heterocycles. The number of fused-ring (bicyclic) bond motifs is 1. The molecule has 3 rings (SSSR count). The van der Waals surface area contributed by atoms with Crippen molar-refractivity contribution < 1.29 is 14.4 Å². The molecule has 92 valence electrons. The fraction of sp³-hybridized carbons (Fsp3) is 0.286. The van der Waals surface area contributed by atoms with E-state index in [1.165, 1.54) is 30.0 Å². The van der Waals surface area contributed by atoms with Gasteiger partial charge >= 0.3 is 5.97 Å². The van der Waals surface area contributed by atoms with Crippen LogP contribution in [-0.2, 0) is 12.8 Å². The van der Waals surface area contributed by atoms with E-state index in [1.807, 2.05) is 12.1 Å².